The molecule has 0 aliphatic carbocycles. The average Bonchev–Trinajstić information content (AvgIpc) is 2.87. The van der Waals surface area contributed by atoms with Crippen LogP contribution < -0.4 is 9.62 Å². The van der Waals surface area contributed by atoms with E-state index in [4.69, 9.17) is 23.2 Å². The standard InChI is InChI=1S/C27H29Cl2N3O4S/c1-4-30-27(34)20(3)31(17-21-9-8-10-22(28)15-21)26(33)18-32(25-16-23(29)14-13-19(25)2)37(35,36)24-11-6-5-7-12-24/h5-16,20H,4,17-18H2,1-3H3,(H,30,34). The van der Waals surface area contributed by atoms with Gasteiger partial charge < -0.3 is 10.2 Å². The number of sulfonamides is 1. The Balaban J connectivity index is 2.06. The lowest BCUT2D eigenvalue weighted by Gasteiger charge is -2.32. The molecular weight excluding hydrogens is 533 g/mol. The van der Waals surface area contributed by atoms with Crippen molar-refractivity contribution in [3.8, 4) is 0 Å². The molecule has 0 radical (unpaired) electrons. The number of hydrogen-bond acceptors (Lipinski definition) is 4. The Morgan fingerprint density at radius 1 is 0.946 bits per heavy atom. The van der Waals surface area contributed by atoms with Gasteiger partial charge in [-0.05, 0) is 68.3 Å². The van der Waals surface area contributed by atoms with E-state index in [2.05, 4.69) is 5.32 Å². The topological polar surface area (TPSA) is 86.8 Å². The minimum absolute atomic E-state index is 0.0281. The van der Waals surface area contributed by atoms with Crippen LogP contribution in [0, 0.1) is 6.92 Å². The van der Waals surface area contributed by atoms with Crippen molar-refractivity contribution in [3.05, 3.63) is 94.0 Å². The molecule has 1 atom stereocenters. The van der Waals surface area contributed by atoms with Crippen LogP contribution in [-0.4, -0.2) is 44.3 Å². The average molecular weight is 563 g/mol. The third kappa shape index (κ3) is 7.03. The van der Waals surface area contributed by atoms with Gasteiger partial charge in [-0.2, -0.15) is 0 Å². The minimum atomic E-state index is -4.15. The van der Waals surface area contributed by atoms with Crippen molar-refractivity contribution in [3.63, 3.8) is 0 Å². The van der Waals surface area contributed by atoms with Gasteiger partial charge in [0.05, 0.1) is 10.6 Å². The van der Waals surface area contributed by atoms with Gasteiger partial charge in [0.1, 0.15) is 12.6 Å². The van der Waals surface area contributed by atoms with Crippen LogP contribution in [0.1, 0.15) is 25.0 Å². The summed E-state index contributed by atoms with van der Waals surface area (Å²) >= 11 is 12.4. The summed E-state index contributed by atoms with van der Waals surface area (Å²) in [5, 5.41) is 3.54. The van der Waals surface area contributed by atoms with E-state index in [1.165, 1.54) is 23.1 Å². The van der Waals surface area contributed by atoms with Crippen molar-refractivity contribution >= 4 is 50.7 Å². The summed E-state index contributed by atoms with van der Waals surface area (Å²) in [7, 11) is -4.15. The number of hydrogen-bond donors (Lipinski definition) is 1. The first-order valence-electron chi connectivity index (χ1n) is 11.7. The van der Waals surface area contributed by atoms with Gasteiger partial charge in [0.25, 0.3) is 10.0 Å². The molecule has 0 aliphatic rings. The van der Waals surface area contributed by atoms with Crippen LogP contribution in [0.3, 0.4) is 0 Å². The van der Waals surface area contributed by atoms with Crippen LogP contribution in [0.2, 0.25) is 10.0 Å². The molecule has 0 heterocycles. The van der Waals surface area contributed by atoms with E-state index in [1.54, 1.807) is 75.4 Å². The predicted octanol–water partition coefficient (Wildman–Crippen LogP) is 5.05. The van der Waals surface area contributed by atoms with E-state index in [-0.39, 0.29) is 23.0 Å². The van der Waals surface area contributed by atoms with Gasteiger partial charge in [-0.15, -0.1) is 0 Å². The fourth-order valence-electron chi connectivity index (χ4n) is 3.82. The molecule has 0 saturated heterocycles. The van der Waals surface area contributed by atoms with Gasteiger partial charge in [-0.25, -0.2) is 8.42 Å². The number of anilines is 1. The Kier molecular flexibility index (Phi) is 9.59. The highest BCUT2D eigenvalue weighted by Gasteiger charge is 2.33. The van der Waals surface area contributed by atoms with Crippen molar-refractivity contribution in [2.45, 2.75) is 38.3 Å². The smallest absolute Gasteiger partial charge is 0.264 e. The van der Waals surface area contributed by atoms with Gasteiger partial charge >= 0.3 is 0 Å². The molecule has 1 unspecified atom stereocenters. The highest BCUT2D eigenvalue weighted by molar-refractivity contribution is 7.92. The van der Waals surface area contributed by atoms with Crippen LogP contribution in [-0.2, 0) is 26.2 Å². The van der Waals surface area contributed by atoms with Crippen LogP contribution in [0.15, 0.2) is 77.7 Å². The largest absolute Gasteiger partial charge is 0.355 e. The Morgan fingerprint density at radius 2 is 1.62 bits per heavy atom. The molecule has 0 spiro atoms. The summed E-state index contributed by atoms with van der Waals surface area (Å²) in [5.74, 6) is -0.910. The molecule has 0 aromatic heterocycles. The monoisotopic (exact) mass is 561 g/mol. The summed E-state index contributed by atoms with van der Waals surface area (Å²) in [6.45, 7) is 5.04. The van der Waals surface area contributed by atoms with E-state index < -0.39 is 28.5 Å². The number of carbonyl (C=O) groups is 2. The van der Waals surface area contributed by atoms with Gasteiger partial charge in [-0.3, -0.25) is 13.9 Å². The first-order valence-corrected chi connectivity index (χ1v) is 13.9. The number of halogens is 2. The molecule has 0 aliphatic heterocycles. The molecular formula is C27H29Cl2N3O4S. The van der Waals surface area contributed by atoms with E-state index in [0.717, 1.165) is 4.31 Å². The van der Waals surface area contributed by atoms with Gasteiger partial charge in [-0.1, -0.05) is 59.6 Å². The zero-order valence-electron chi connectivity index (χ0n) is 20.8. The molecule has 196 valence electrons. The molecule has 1 N–H and O–H groups in total. The van der Waals surface area contributed by atoms with Crippen molar-refractivity contribution in [2.24, 2.45) is 0 Å². The number of carbonyl (C=O) groups excluding carboxylic acids is 2. The van der Waals surface area contributed by atoms with Crippen molar-refractivity contribution in [2.75, 3.05) is 17.4 Å². The number of nitrogens with one attached hydrogen (secondary N) is 1. The summed E-state index contributed by atoms with van der Waals surface area (Å²) in [6, 6.07) is 18.8. The Labute approximate surface area is 228 Å². The lowest BCUT2D eigenvalue weighted by molar-refractivity contribution is -0.139. The zero-order chi connectivity index (χ0) is 27.2. The maximum Gasteiger partial charge on any atom is 0.264 e. The number of benzene rings is 3. The first kappa shape index (κ1) is 28.5. The molecule has 3 rings (SSSR count). The maximum atomic E-state index is 13.8. The number of aryl methyl sites for hydroxylation is 1. The fourth-order valence-corrected chi connectivity index (χ4v) is 5.69. The van der Waals surface area contributed by atoms with Gasteiger partial charge in [0.2, 0.25) is 11.8 Å². The third-order valence-electron chi connectivity index (χ3n) is 5.81. The molecule has 10 heteroatoms. The lowest BCUT2D eigenvalue weighted by atomic mass is 10.1. The zero-order valence-corrected chi connectivity index (χ0v) is 23.1. The second-order valence-electron chi connectivity index (χ2n) is 8.48. The molecule has 0 fully saturated rings. The van der Waals surface area contributed by atoms with Crippen molar-refractivity contribution in [1.29, 1.82) is 0 Å². The van der Waals surface area contributed by atoms with E-state index in [0.29, 0.717) is 27.7 Å². The van der Waals surface area contributed by atoms with Crippen LogP contribution in [0.4, 0.5) is 5.69 Å². The van der Waals surface area contributed by atoms with Crippen molar-refractivity contribution < 1.29 is 18.0 Å². The molecule has 3 aromatic rings. The molecule has 37 heavy (non-hydrogen) atoms. The summed E-state index contributed by atoms with van der Waals surface area (Å²) in [4.78, 5) is 27.9. The lowest BCUT2D eigenvalue weighted by Crippen LogP contribution is -2.51. The molecule has 2 amide bonds. The number of likely N-dealkylation sites (N-methyl/N-ethyl adjacent to an activating group) is 1. The molecule has 0 bridgehead atoms. The minimum Gasteiger partial charge on any atom is -0.355 e. The highest BCUT2D eigenvalue weighted by Crippen LogP contribution is 2.30. The van der Waals surface area contributed by atoms with Crippen LogP contribution in [0.25, 0.3) is 0 Å². The Bertz CT molecular complexity index is 1370. The van der Waals surface area contributed by atoms with Crippen molar-refractivity contribution in [1.82, 2.24) is 10.2 Å². The number of amides is 2. The summed E-state index contributed by atoms with van der Waals surface area (Å²) < 4.78 is 28.6. The normalized spacial score (nSPS) is 12.0. The summed E-state index contributed by atoms with van der Waals surface area (Å²) in [6.07, 6.45) is 0. The third-order valence-corrected chi connectivity index (χ3v) is 8.05. The number of rotatable bonds is 10. The van der Waals surface area contributed by atoms with E-state index in [1.807, 2.05) is 0 Å². The Morgan fingerprint density at radius 3 is 2.27 bits per heavy atom. The summed E-state index contributed by atoms with van der Waals surface area (Å²) in [5.41, 5.74) is 1.60. The quantitative estimate of drug-likeness (QED) is 0.375. The second-order valence-corrected chi connectivity index (χ2v) is 11.2. The maximum absolute atomic E-state index is 13.8. The van der Waals surface area contributed by atoms with Crippen LogP contribution in [0.5, 0.6) is 0 Å². The molecule has 7 nitrogen and oxygen atoms in total. The second kappa shape index (κ2) is 12.4. The highest BCUT2D eigenvalue weighted by atomic mass is 35.5. The van der Waals surface area contributed by atoms with E-state index in [9.17, 15) is 18.0 Å². The SMILES string of the molecule is CCNC(=O)C(C)N(Cc1cccc(Cl)c1)C(=O)CN(c1cc(Cl)ccc1C)S(=O)(=O)c1ccccc1. The van der Waals surface area contributed by atoms with Crippen LogP contribution >= 0.6 is 23.2 Å². The predicted molar refractivity (Wildman–Crippen MR) is 147 cm³/mol. The first-order chi connectivity index (χ1) is 17.5. The van der Waals surface area contributed by atoms with Gasteiger partial charge in [0.15, 0.2) is 0 Å². The number of nitrogens with zero attached hydrogens (tertiary/aromatic N) is 2. The molecule has 3 aromatic carbocycles. The fraction of sp³-hybridized carbons (Fsp3) is 0.259. The van der Waals surface area contributed by atoms with E-state index >= 15 is 0 Å². The molecule has 0 saturated carbocycles. The van der Waals surface area contributed by atoms with Gasteiger partial charge in [0, 0.05) is 23.1 Å². The Hall–Kier alpha value is -3.07.